The second kappa shape index (κ2) is 7.59. The van der Waals surface area contributed by atoms with Crippen LogP contribution >= 0.6 is 11.8 Å². The van der Waals surface area contributed by atoms with Gasteiger partial charge < -0.3 is 10.1 Å². The molecule has 1 fully saturated rings. The van der Waals surface area contributed by atoms with Gasteiger partial charge >= 0.3 is 0 Å². The molecule has 0 bridgehead atoms. The number of benzene rings is 1. The van der Waals surface area contributed by atoms with Gasteiger partial charge in [0.25, 0.3) is 0 Å². The summed E-state index contributed by atoms with van der Waals surface area (Å²) < 4.78 is 20.2. The molecule has 1 saturated heterocycles. The zero-order valence-corrected chi connectivity index (χ0v) is 15.1. The lowest BCUT2D eigenvalue weighted by Gasteiger charge is -2.14. The molecule has 0 aromatic heterocycles. The van der Waals surface area contributed by atoms with Crippen LogP contribution in [0.3, 0.4) is 0 Å². The minimum Gasteiger partial charge on any atom is -0.473 e. The predicted molar refractivity (Wildman–Crippen MR) is 97.5 cm³/mol. The van der Waals surface area contributed by atoms with Crippen LogP contribution in [0.2, 0.25) is 0 Å². The van der Waals surface area contributed by atoms with Crippen molar-refractivity contribution in [1.82, 2.24) is 16.2 Å². The first kappa shape index (κ1) is 17.3. The summed E-state index contributed by atoms with van der Waals surface area (Å²) in [7, 11) is 0. The van der Waals surface area contributed by atoms with Gasteiger partial charge in [0.1, 0.15) is 11.9 Å². The number of ether oxygens (including phenoxy) is 1. The normalized spacial score (nSPS) is 24.9. The summed E-state index contributed by atoms with van der Waals surface area (Å²) in [5.74, 6) is 0.603. The molecule has 4 nitrogen and oxygen atoms in total. The molecule has 3 heterocycles. The van der Waals surface area contributed by atoms with Crippen molar-refractivity contribution in [1.29, 1.82) is 0 Å². The molecule has 1 aromatic carbocycles. The van der Waals surface area contributed by atoms with Gasteiger partial charge in [0.2, 0.25) is 5.88 Å². The molecule has 0 amide bonds. The third-order valence-electron chi connectivity index (χ3n) is 4.18. The second-order valence-electron chi connectivity index (χ2n) is 5.80. The third-order valence-corrected chi connectivity index (χ3v) is 5.22. The molecule has 2 unspecified atom stereocenters. The van der Waals surface area contributed by atoms with E-state index in [-0.39, 0.29) is 18.0 Å². The molecular weight excluding hydrogens is 325 g/mol. The maximum absolute atomic E-state index is 14.2. The van der Waals surface area contributed by atoms with Crippen molar-refractivity contribution in [2.45, 2.75) is 39.3 Å². The van der Waals surface area contributed by atoms with Crippen molar-refractivity contribution in [3.63, 3.8) is 0 Å². The molecule has 24 heavy (non-hydrogen) atoms. The Kier molecular flexibility index (Phi) is 5.48. The van der Waals surface area contributed by atoms with Crippen molar-refractivity contribution < 1.29 is 9.13 Å². The molecule has 1 aromatic rings. The Labute approximate surface area is 146 Å². The highest BCUT2D eigenvalue weighted by Crippen LogP contribution is 2.43. The molecule has 3 aliphatic rings. The number of hydrazine groups is 1. The molecule has 0 radical (unpaired) electrons. The van der Waals surface area contributed by atoms with E-state index in [0.717, 1.165) is 41.4 Å². The number of fused-ring (bicyclic) bond motifs is 1. The Morgan fingerprint density at radius 1 is 1.29 bits per heavy atom. The van der Waals surface area contributed by atoms with Crippen LogP contribution in [-0.4, -0.2) is 25.2 Å². The number of halogens is 1. The lowest BCUT2D eigenvalue weighted by Crippen LogP contribution is -2.34. The zero-order valence-electron chi connectivity index (χ0n) is 14.3. The van der Waals surface area contributed by atoms with Gasteiger partial charge in [-0.05, 0) is 42.5 Å². The highest BCUT2D eigenvalue weighted by molar-refractivity contribution is 8.06. The van der Waals surface area contributed by atoms with Crippen molar-refractivity contribution in [3.05, 3.63) is 51.3 Å². The first-order chi connectivity index (χ1) is 11.7. The van der Waals surface area contributed by atoms with Gasteiger partial charge in [-0.2, -0.15) is 0 Å². The number of nitrogens with one attached hydrogen (secondary N) is 3. The van der Waals surface area contributed by atoms with Gasteiger partial charge in [-0.15, -0.1) is 0 Å². The van der Waals surface area contributed by atoms with Crippen LogP contribution < -0.4 is 16.2 Å². The number of hydrogen-bond donors (Lipinski definition) is 3. The minimum absolute atomic E-state index is 0.0356. The molecule has 130 valence electrons. The van der Waals surface area contributed by atoms with Crippen LogP contribution in [0.15, 0.2) is 34.4 Å². The molecule has 2 atom stereocenters. The Morgan fingerprint density at radius 3 is 2.83 bits per heavy atom. The maximum atomic E-state index is 14.2. The minimum atomic E-state index is -0.177. The standard InChI is InChI=1S/C16H18FN3OS.C2H6/c1-9-2-3-11(13(17)6-9)12-8-22-15-14(12)19-20-16(15)21-10-4-5-18-7-10;1-2/h2-3,6,8,10,14,18-20H,4-5,7H2,1H3;1-2H3. The van der Waals surface area contributed by atoms with Crippen molar-refractivity contribution in [2.24, 2.45) is 0 Å². The van der Waals surface area contributed by atoms with Crippen LogP contribution in [0.5, 0.6) is 0 Å². The summed E-state index contributed by atoms with van der Waals surface area (Å²) in [6.07, 6.45) is 1.22. The van der Waals surface area contributed by atoms with Crippen LogP contribution in [0.4, 0.5) is 4.39 Å². The van der Waals surface area contributed by atoms with Gasteiger partial charge in [-0.3, -0.25) is 5.43 Å². The van der Waals surface area contributed by atoms with Gasteiger partial charge in [-0.25, -0.2) is 9.82 Å². The molecular formula is C18H24FN3OS. The van der Waals surface area contributed by atoms with Crippen LogP contribution in [0, 0.1) is 12.7 Å². The summed E-state index contributed by atoms with van der Waals surface area (Å²) in [6, 6.07) is 5.33. The highest BCUT2D eigenvalue weighted by atomic mass is 32.2. The van der Waals surface area contributed by atoms with Gasteiger partial charge in [0.05, 0.1) is 10.9 Å². The Hall–Kier alpha value is -1.50. The van der Waals surface area contributed by atoms with Gasteiger partial charge in [-0.1, -0.05) is 37.7 Å². The number of rotatable bonds is 3. The average Bonchev–Trinajstić information content (AvgIpc) is 3.30. The summed E-state index contributed by atoms with van der Waals surface area (Å²) in [5.41, 5.74) is 8.85. The number of hydrogen-bond acceptors (Lipinski definition) is 5. The van der Waals surface area contributed by atoms with E-state index < -0.39 is 0 Å². The smallest absolute Gasteiger partial charge is 0.213 e. The number of aryl methyl sites for hydroxylation is 1. The molecule has 6 heteroatoms. The Morgan fingerprint density at radius 2 is 2.12 bits per heavy atom. The van der Waals surface area contributed by atoms with E-state index in [2.05, 4.69) is 16.2 Å². The highest BCUT2D eigenvalue weighted by Gasteiger charge is 2.36. The fourth-order valence-electron chi connectivity index (χ4n) is 2.99. The topological polar surface area (TPSA) is 45.3 Å². The first-order valence-electron chi connectivity index (χ1n) is 8.48. The van der Waals surface area contributed by atoms with Crippen molar-refractivity contribution in [3.8, 4) is 0 Å². The molecule has 0 aliphatic carbocycles. The van der Waals surface area contributed by atoms with E-state index in [1.807, 2.05) is 38.3 Å². The predicted octanol–water partition coefficient (Wildman–Crippen LogP) is 3.27. The first-order valence-corrected chi connectivity index (χ1v) is 9.36. The van der Waals surface area contributed by atoms with E-state index in [1.54, 1.807) is 17.8 Å². The van der Waals surface area contributed by atoms with Gasteiger partial charge in [0.15, 0.2) is 0 Å². The van der Waals surface area contributed by atoms with Gasteiger partial charge in [0, 0.05) is 12.1 Å². The lowest BCUT2D eigenvalue weighted by molar-refractivity contribution is 0.116. The number of thioether (sulfide) groups is 1. The summed E-state index contributed by atoms with van der Waals surface area (Å²) >= 11 is 1.60. The fraction of sp³-hybridized carbons (Fsp3) is 0.444. The van der Waals surface area contributed by atoms with Crippen molar-refractivity contribution >= 4 is 17.3 Å². The van der Waals surface area contributed by atoms with E-state index in [9.17, 15) is 4.39 Å². The van der Waals surface area contributed by atoms with Crippen LogP contribution in [-0.2, 0) is 4.74 Å². The van der Waals surface area contributed by atoms with E-state index in [0.29, 0.717) is 5.56 Å². The molecule has 0 spiro atoms. The van der Waals surface area contributed by atoms with E-state index in [1.165, 1.54) is 0 Å². The molecule has 0 saturated carbocycles. The van der Waals surface area contributed by atoms with Crippen molar-refractivity contribution in [2.75, 3.05) is 13.1 Å². The summed E-state index contributed by atoms with van der Waals surface area (Å²) in [6.45, 7) is 7.77. The van der Waals surface area contributed by atoms with E-state index >= 15 is 0 Å². The SMILES string of the molecule is CC.Cc1ccc(C2=CSC3=C(OC4CCNC4)NNC23)c(F)c1. The maximum Gasteiger partial charge on any atom is 0.213 e. The summed E-state index contributed by atoms with van der Waals surface area (Å²) in [5, 5.41) is 5.30. The van der Waals surface area contributed by atoms with E-state index in [4.69, 9.17) is 4.74 Å². The largest absolute Gasteiger partial charge is 0.473 e. The van der Waals surface area contributed by atoms with Crippen LogP contribution in [0.25, 0.3) is 5.57 Å². The Bertz CT molecular complexity index is 668. The molecule has 3 aliphatic heterocycles. The summed E-state index contributed by atoms with van der Waals surface area (Å²) in [4.78, 5) is 1.09. The molecule has 4 rings (SSSR count). The third kappa shape index (κ3) is 3.31. The lowest BCUT2D eigenvalue weighted by atomic mass is 9.99. The van der Waals surface area contributed by atoms with Crippen LogP contribution in [0.1, 0.15) is 31.4 Å². The monoisotopic (exact) mass is 349 g/mol. The fourth-order valence-corrected chi connectivity index (χ4v) is 4.03. The quantitative estimate of drug-likeness (QED) is 0.782. The second-order valence-corrected chi connectivity index (χ2v) is 6.71. The Balaban J connectivity index is 0.000000815. The average molecular weight is 349 g/mol. The zero-order chi connectivity index (χ0) is 17.1. The molecule has 3 N–H and O–H groups in total.